The van der Waals surface area contributed by atoms with Crippen LogP contribution in [-0.2, 0) is 10.0 Å². The van der Waals surface area contributed by atoms with Crippen LogP contribution >= 0.6 is 0 Å². The molecule has 4 heteroatoms. The van der Waals surface area contributed by atoms with Crippen LogP contribution in [0.25, 0.3) is 0 Å². The van der Waals surface area contributed by atoms with Crippen LogP contribution in [0.5, 0.6) is 0 Å². The first-order chi connectivity index (χ1) is 7.02. The van der Waals surface area contributed by atoms with E-state index in [2.05, 4.69) is 13.8 Å². The summed E-state index contributed by atoms with van der Waals surface area (Å²) in [6.45, 7) is 5.64. The fraction of sp³-hybridized carbons (Fsp3) is 1.00. The van der Waals surface area contributed by atoms with E-state index in [0.29, 0.717) is 13.1 Å². The molecule has 0 saturated carbocycles. The van der Waals surface area contributed by atoms with Gasteiger partial charge >= 0.3 is 0 Å². The highest BCUT2D eigenvalue weighted by Gasteiger charge is 2.14. The molecular weight excluding hydrogens is 210 g/mol. The molecule has 0 heterocycles. The Kier molecular flexibility index (Phi) is 8.06. The average Bonchev–Trinajstić information content (AvgIpc) is 2.14. The molecule has 0 aliphatic rings. The van der Waals surface area contributed by atoms with Gasteiger partial charge in [0.1, 0.15) is 0 Å². The van der Waals surface area contributed by atoms with Crippen molar-refractivity contribution in [1.29, 1.82) is 0 Å². The molecule has 0 aromatic carbocycles. The summed E-state index contributed by atoms with van der Waals surface area (Å²) in [5, 5.41) is 0. The minimum absolute atomic E-state index is 0.691. The Balaban J connectivity index is 3.97. The van der Waals surface area contributed by atoms with Crippen molar-refractivity contribution in [1.82, 2.24) is 4.31 Å². The number of nitrogens with zero attached hydrogens (tertiary/aromatic N) is 1. The average molecular weight is 235 g/mol. The molecule has 0 rings (SSSR count). The van der Waals surface area contributed by atoms with Gasteiger partial charge < -0.3 is 0 Å². The van der Waals surface area contributed by atoms with Crippen molar-refractivity contribution in [3.8, 4) is 0 Å². The monoisotopic (exact) mass is 235 g/mol. The molecule has 0 N–H and O–H groups in total. The lowest BCUT2D eigenvalue weighted by atomic mass is 10.2. The first kappa shape index (κ1) is 14.9. The van der Waals surface area contributed by atoms with Crippen molar-refractivity contribution in [2.75, 3.05) is 19.3 Å². The lowest BCUT2D eigenvalue weighted by Crippen LogP contribution is -2.32. The summed E-state index contributed by atoms with van der Waals surface area (Å²) in [5.41, 5.74) is 0. The maximum Gasteiger partial charge on any atom is 0.211 e. The van der Waals surface area contributed by atoms with E-state index < -0.39 is 10.0 Å². The summed E-state index contributed by atoms with van der Waals surface area (Å²) in [4.78, 5) is 0. The van der Waals surface area contributed by atoms with E-state index in [1.807, 2.05) is 0 Å². The molecule has 0 atom stereocenters. The van der Waals surface area contributed by atoms with Gasteiger partial charge in [0.15, 0.2) is 0 Å². The van der Waals surface area contributed by atoms with Crippen molar-refractivity contribution in [2.24, 2.45) is 0 Å². The SMILES string of the molecule is CCCCCN(CCCCC)S(C)(=O)=O. The molecular formula is C11H25NO2S. The van der Waals surface area contributed by atoms with Gasteiger partial charge in [0, 0.05) is 13.1 Å². The van der Waals surface area contributed by atoms with Crippen LogP contribution in [0.1, 0.15) is 52.4 Å². The van der Waals surface area contributed by atoms with Gasteiger partial charge in [-0.1, -0.05) is 39.5 Å². The van der Waals surface area contributed by atoms with Gasteiger partial charge in [-0.3, -0.25) is 0 Å². The molecule has 92 valence electrons. The smallest absolute Gasteiger partial charge is 0.211 e. The van der Waals surface area contributed by atoms with Crippen LogP contribution in [0, 0.1) is 0 Å². The summed E-state index contributed by atoms with van der Waals surface area (Å²) in [5.74, 6) is 0. The summed E-state index contributed by atoms with van der Waals surface area (Å²) in [6, 6.07) is 0. The van der Waals surface area contributed by atoms with Crippen LogP contribution in [0.4, 0.5) is 0 Å². The maximum absolute atomic E-state index is 11.4. The number of unbranched alkanes of at least 4 members (excludes halogenated alkanes) is 4. The van der Waals surface area contributed by atoms with Crippen LogP contribution < -0.4 is 0 Å². The van der Waals surface area contributed by atoms with E-state index in [9.17, 15) is 8.42 Å². The molecule has 0 aromatic heterocycles. The topological polar surface area (TPSA) is 37.4 Å². The van der Waals surface area contributed by atoms with Crippen LogP contribution in [0.15, 0.2) is 0 Å². The third kappa shape index (κ3) is 7.79. The molecule has 0 spiro atoms. The fourth-order valence-corrected chi connectivity index (χ4v) is 2.44. The van der Waals surface area contributed by atoms with E-state index >= 15 is 0 Å². The second kappa shape index (κ2) is 8.11. The maximum atomic E-state index is 11.4. The minimum Gasteiger partial charge on any atom is -0.213 e. The van der Waals surface area contributed by atoms with Crippen molar-refractivity contribution >= 4 is 10.0 Å². The van der Waals surface area contributed by atoms with Crippen molar-refractivity contribution in [2.45, 2.75) is 52.4 Å². The molecule has 0 bridgehead atoms. The Morgan fingerprint density at radius 2 is 1.27 bits per heavy atom. The zero-order valence-corrected chi connectivity index (χ0v) is 11.1. The predicted octanol–water partition coefficient (Wildman–Crippen LogP) is 2.63. The molecule has 3 nitrogen and oxygen atoms in total. The number of hydrogen-bond acceptors (Lipinski definition) is 2. The molecule has 0 amide bonds. The number of rotatable bonds is 9. The summed E-state index contributed by atoms with van der Waals surface area (Å²) >= 11 is 0. The third-order valence-electron chi connectivity index (χ3n) is 2.49. The summed E-state index contributed by atoms with van der Waals surface area (Å²) < 4.78 is 24.5. The summed E-state index contributed by atoms with van der Waals surface area (Å²) in [6.07, 6.45) is 7.76. The minimum atomic E-state index is -2.99. The standard InChI is InChI=1S/C11H25NO2S/c1-4-6-8-10-12(15(3,13)14)11-9-7-5-2/h4-11H2,1-3H3. The predicted molar refractivity (Wildman–Crippen MR) is 65.5 cm³/mol. The second-order valence-electron chi connectivity index (χ2n) is 4.08. The lowest BCUT2D eigenvalue weighted by molar-refractivity contribution is 0.392. The third-order valence-corrected chi connectivity index (χ3v) is 3.79. The number of hydrogen-bond donors (Lipinski definition) is 0. The van der Waals surface area contributed by atoms with Crippen LogP contribution in [-0.4, -0.2) is 32.1 Å². The zero-order chi connectivity index (χ0) is 11.7. The highest BCUT2D eigenvalue weighted by atomic mass is 32.2. The summed E-state index contributed by atoms with van der Waals surface area (Å²) in [7, 11) is -2.99. The molecule has 0 fully saturated rings. The first-order valence-corrected chi connectivity index (χ1v) is 7.82. The van der Waals surface area contributed by atoms with E-state index in [1.165, 1.54) is 6.26 Å². The quantitative estimate of drug-likeness (QED) is 0.576. The molecule has 0 aliphatic heterocycles. The largest absolute Gasteiger partial charge is 0.213 e. The van der Waals surface area contributed by atoms with E-state index in [0.717, 1.165) is 38.5 Å². The first-order valence-electron chi connectivity index (χ1n) is 5.97. The zero-order valence-electron chi connectivity index (χ0n) is 10.3. The van der Waals surface area contributed by atoms with Gasteiger partial charge in [-0.15, -0.1) is 0 Å². The Labute approximate surface area is 94.9 Å². The normalized spacial score (nSPS) is 12.3. The van der Waals surface area contributed by atoms with Gasteiger partial charge in [-0.05, 0) is 12.8 Å². The molecule has 15 heavy (non-hydrogen) atoms. The van der Waals surface area contributed by atoms with Crippen LogP contribution in [0.3, 0.4) is 0 Å². The van der Waals surface area contributed by atoms with E-state index in [1.54, 1.807) is 4.31 Å². The second-order valence-corrected chi connectivity index (χ2v) is 6.06. The van der Waals surface area contributed by atoms with E-state index in [4.69, 9.17) is 0 Å². The van der Waals surface area contributed by atoms with E-state index in [-0.39, 0.29) is 0 Å². The van der Waals surface area contributed by atoms with Gasteiger partial charge in [-0.2, -0.15) is 0 Å². The van der Waals surface area contributed by atoms with Crippen molar-refractivity contribution in [3.05, 3.63) is 0 Å². The van der Waals surface area contributed by atoms with Gasteiger partial charge in [-0.25, -0.2) is 12.7 Å². The van der Waals surface area contributed by atoms with Crippen molar-refractivity contribution < 1.29 is 8.42 Å². The van der Waals surface area contributed by atoms with Gasteiger partial charge in [0.05, 0.1) is 6.26 Å². The molecule has 0 aromatic rings. The highest BCUT2D eigenvalue weighted by molar-refractivity contribution is 7.88. The molecule has 0 aliphatic carbocycles. The Bertz CT molecular complexity index is 227. The van der Waals surface area contributed by atoms with Gasteiger partial charge in [0.2, 0.25) is 10.0 Å². The van der Waals surface area contributed by atoms with Crippen LogP contribution in [0.2, 0.25) is 0 Å². The molecule has 0 saturated heterocycles. The fourth-order valence-electron chi connectivity index (χ4n) is 1.52. The van der Waals surface area contributed by atoms with Gasteiger partial charge in [0.25, 0.3) is 0 Å². The Hall–Kier alpha value is -0.0900. The molecule has 0 radical (unpaired) electrons. The lowest BCUT2D eigenvalue weighted by Gasteiger charge is -2.19. The number of sulfonamides is 1. The highest BCUT2D eigenvalue weighted by Crippen LogP contribution is 2.06. The van der Waals surface area contributed by atoms with Crippen molar-refractivity contribution in [3.63, 3.8) is 0 Å². The molecule has 0 unspecified atom stereocenters. The Morgan fingerprint density at radius 3 is 1.53 bits per heavy atom. The Morgan fingerprint density at radius 1 is 0.867 bits per heavy atom.